The smallest absolute Gasteiger partial charge is 0.243 e. The van der Waals surface area contributed by atoms with Gasteiger partial charge in [-0.3, -0.25) is 14.3 Å². The number of methoxy groups -OCH3 is 1. The van der Waals surface area contributed by atoms with E-state index in [4.69, 9.17) is 4.74 Å². The summed E-state index contributed by atoms with van der Waals surface area (Å²) in [6.45, 7) is 11.6. The number of benzene rings is 1. The molecule has 1 aromatic carbocycles. The number of hydrogen-bond acceptors (Lipinski definition) is 4. The van der Waals surface area contributed by atoms with E-state index in [9.17, 15) is 9.59 Å². The van der Waals surface area contributed by atoms with Crippen LogP contribution in [0, 0.1) is 19.8 Å². The fourth-order valence-corrected chi connectivity index (χ4v) is 3.46. The van der Waals surface area contributed by atoms with E-state index >= 15 is 0 Å². The number of aromatic nitrogens is 2. The average molecular weight is 415 g/mol. The quantitative estimate of drug-likeness (QED) is 0.645. The Hall–Kier alpha value is -2.83. The molecule has 2 rings (SSSR count). The van der Waals surface area contributed by atoms with Gasteiger partial charge in [0.1, 0.15) is 5.75 Å². The van der Waals surface area contributed by atoms with E-state index in [0.29, 0.717) is 36.7 Å². The van der Waals surface area contributed by atoms with Crippen molar-refractivity contribution >= 4 is 17.5 Å². The third kappa shape index (κ3) is 6.34. The van der Waals surface area contributed by atoms with Gasteiger partial charge in [-0.05, 0) is 50.8 Å². The highest BCUT2D eigenvalue weighted by atomic mass is 16.5. The number of hydrogen-bond donors (Lipinski definition) is 1. The predicted molar refractivity (Wildman–Crippen MR) is 119 cm³/mol. The average Bonchev–Trinajstić information content (AvgIpc) is 2.96. The Morgan fingerprint density at radius 2 is 2.00 bits per heavy atom. The second kappa shape index (κ2) is 10.8. The Labute approximate surface area is 179 Å². The molecular weight excluding hydrogens is 380 g/mol. The molecule has 0 aliphatic rings. The normalized spacial score (nSPS) is 10.9. The van der Waals surface area contributed by atoms with E-state index in [1.54, 1.807) is 30.2 Å². The molecule has 0 unspecified atom stereocenters. The van der Waals surface area contributed by atoms with Gasteiger partial charge < -0.3 is 15.0 Å². The maximum atomic E-state index is 12.7. The number of rotatable bonds is 10. The van der Waals surface area contributed by atoms with Gasteiger partial charge in [0.15, 0.2) is 0 Å². The third-order valence-electron chi connectivity index (χ3n) is 5.08. The maximum absolute atomic E-state index is 12.7. The summed E-state index contributed by atoms with van der Waals surface area (Å²) in [7, 11) is 1.58. The van der Waals surface area contributed by atoms with Gasteiger partial charge in [-0.25, -0.2) is 0 Å². The Kier molecular flexibility index (Phi) is 8.45. The number of likely N-dealkylation sites (N-methyl/N-ethyl adjacent to an activating group) is 1. The molecule has 164 valence electrons. The van der Waals surface area contributed by atoms with E-state index in [1.165, 1.54) is 0 Å². The molecule has 0 atom stereocenters. The molecule has 7 heteroatoms. The minimum atomic E-state index is -0.226. The lowest BCUT2D eigenvalue weighted by Crippen LogP contribution is -2.38. The van der Waals surface area contributed by atoms with Gasteiger partial charge >= 0.3 is 0 Å². The molecule has 0 aliphatic heterocycles. The van der Waals surface area contributed by atoms with Gasteiger partial charge in [0.05, 0.1) is 19.3 Å². The Morgan fingerprint density at radius 3 is 2.63 bits per heavy atom. The van der Waals surface area contributed by atoms with Crippen molar-refractivity contribution in [3.63, 3.8) is 0 Å². The van der Waals surface area contributed by atoms with Crippen molar-refractivity contribution in [1.29, 1.82) is 0 Å². The fourth-order valence-electron chi connectivity index (χ4n) is 3.46. The first kappa shape index (κ1) is 23.4. The monoisotopic (exact) mass is 414 g/mol. The van der Waals surface area contributed by atoms with E-state index in [0.717, 1.165) is 23.5 Å². The zero-order valence-corrected chi connectivity index (χ0v) is 19.0. The van der Waals surface area contributed by atoms with Gasteiger partial charge in [0.25, 0.3) is 0 Å². The molecule has 0 radical (unpaired) electrons. The predicted octanol–water partition coefficient (Wildman–Crippen LogP) is 3.58. The molecule has 30 heavy (non-hydrogen) atoms. The van der Waals surface area contributed by atoms with Crippen LogP contribution < -0.4 is 10.1 Å². The van der Waals surface area contributed by atoms with Crippen LogP contribution in [0.3, 0.4) is 0 Å². The lowest BCUT2D eigenvalue weighted by Gasteiger charge is -2.20. The van der Waals surface area contributed by atoms with E-state index in [-0.39, 0.29) is 18.4 Å². The van der Waals surface area contributed by atoms with E-state index in [2.05, 4.69) is 31.2 Å². The summed E-state index contributed by atoms with van der Waals surface area (Å²) in [5.41, 5.74) is 3.86. The van der Waals surface area contributed by atoms with Crippen LogP contribution in [0.5, 0.6) is 5.75 Å². The Morgan fingerprint density at radius 1 is 1.27 bits per heavy atom. The molecule has 2 amide bonds. The third-order valence-corrected chi connectivity index (χ3v) is 5.08. The van der Waals surface area contributed by atoms with Crippen molar-refractivity contribution in [2.75, 3.05) is 25.5 Å². The van der Waals surface area contributed by atoms with Crippen LogP contribution in [-0.4, -0.2) is 46.7 Å². The highest BCUT2D eigenvalue weighted by molar-refractivity contribution is 5.94. The zero-order valence-electron chi connectivity index (χ0n) is 19.0. The van der Waals surface area contributed by atoms with Crippen LogP contribution in [0.4, 0.5) is 5.69 Å². The van der Waals surface area contributed by atoms with Gasteiger partial charge in [0.2, 0.25) is 11.8 Å². The van der Waals surface area contributed by atoms with Crippen LogP contribution >= 0.6 is 0 Å². The molecule has 2 aromatic rings. The summed E-state index contributed by atoms with van der Waals surface area (Å²) in [5.74, 6) is 0.917. The molecule has 1 aromatic heterocycles. The minimum Gasteiger partial charge on any atom is -0.497 e. The first-order valence-electron chi connectivity index (χ1n) is 10.5. The largest absolute Gasteiger partial charge is 0.497 e. The number of carbonyl (C=O) groups excluding carboxylic acids is 2. The Bertz CT molecular complexity index is 873. The number of amides is 2. The number of anilines is 1. The van der Waals surface area contributed by atoms with Gasteiger partial charge in [-0.1, -0.05) is 19.9 Å². The number of ether oxygens (including phenoxy) is 1. The highest BCUT2D eigenvalue weighted by Crippen LogP contribution is 2.18. The van der Waals surface area contributed by atoms with Crippen molar-refractivity contribution in [2.45, 2.75) is 54.0 Å². The van der Waals surface area contributed by atoms with Crippen molar-refractivity contribution in [3.05, 3.63) is 41.2 Å². The molecule has 0 spiro atoms. The fraction of sp³-hybridized carbons (Fsp3) is 0.522. The van der Waals surface area contributed by atoms with Crippen LogP contribution in [0.1, 0.15) is 44.1 Å². The summed E-state index contributed by atoms with van der Waals surface area (Å²) in [6, 6.07) is 7.15. The topological polar surface area (TPSA) is 76.5 Å². The standard InChI is InChI=1S/C23H34N4O3/c1-7-26(15-22(28)24-19-9-8-10-20(13-19)30-6)23(29)12-11-21-17(4)25-27(18(21)5)14-16(2)3/h8-10,13,16H,7,11-12,14-15H2,1-6H3,(H,24,28). The first-order valence-corrected chi connectivity index (χ1v) is 10.5. The van der Waals surface area contributed by atoms with Crippen molar-refractivity contribution in [3.8, 4) is 5.75 Å². The summed E-state index contributed by atoms with van der Waals surface area (Å²) < 4.78 is 7.20. The summed E-state index contributed by atoms with van der Waals surface area (Å²) in [5, 5.41) is 7.44. The molecule has 7 nitrogen and oxygen atoms in total. The van der Waals surface area contributed by atoms with Crippen LogP contribution in [-0.2, 0) is 22.6 Å². The van der Waals surface area contributed by atoms with E-state index in [1.807, 2.05) is 24.6 Å². The molecule has 1 N–H and O–H groups in total. The van der Waals surface area contributed by atoms with Crippen LogP contribution in [0.15, 0.2) is 24.3 Å². The molecule has 0 saturated heterocycles. The second-order valence-corrected chi connectivity index (χ2v) is 7.91. The molecule has 0 bridgehead atoms. The molecular formula is C23H34N4O3. The lowest BCUT2D eigenvalue weighted by molar-refractivity contribution is -0.134. The van der Waals surface area contributed by atoms with Crippen molar-refractivity contribution < 1.29 is 14.3 Å². The van der Waals surface area contributed by atoms with Crippen LogP contribution in [0.2, 0.25) is 0 Å². The van der Waals surface area contributed by atoms with E-state index < -0.39 is 0 Å². The van der Waals surface area contributed by atoms with Crippen molar-refractivity contribution in [2.24, 2.45) is 5.92 Å². The number of nitrogens with one attached hydrogen (secondary N) is 1. The number of nitrogens with zero attached hydrogens (tertiary/aromatic N) is 3. The lowest BCUT2D eigenvalue weighted by atomic mass is 10.1. The summed E-state index contributed by atoms with van der Waals surface area (Å²) in [4.78, 5) is 26.7. The number of carbonyl (C=O) groups is 2. The molecule has 0 saturated carbocycles. The first-order chi connectivity index (χ1) is 14.2. The number of aryl methyl sites for hydroxylation is 1. The van der Waals surface area contributed by atoms with Crippen LogP contribution in [0.25, 0.3) is 0 Å². The van der Waals surface area contributed by atoms with Crippen molar-refractivity contribution in [1.82, 2.24) is 14.7 Å². The zero-order chi connectivity index (χ0) is 22.3. The highest BCUT2D eigenvalue weighted by Gasteiger charge is 2.18. The molecule has 0 aliphatic carbocycles. The molecule has 1 heterocycles. The maximum Gasteiger partial charge on any atom is 0.243 e. The van der Waals surface area contributed by atoms with Gasteiger partial charge in [0, 0.05) is 37.0 Å². The van der Waals surface area contributed by atoms with Gasteiger partial charge in [-0.15, -0.1) is 0 Å². The second-order valence-electron chi connectivity index (χ2n) is 7.91. The summed E-state index contributed by atoms with van der Waals surface area (Å²) in [6.07, 6.45) is 0.984. The SMILES string of the molecule is CCN(CC(=O)Nc1cccc(OC)c1)C(=O)CCc1c(C)nn(CC(C)C)c1C. The Balaban J connectivity index is 1.94. The molecule has 0 fully saturated rings. The summed E-state index contributed by atoms with van der Waals surface area (Å²) >= 11 is 0. The van der Waals surface area contributed by atoms with Gasteiger partial charge in [-0.2, -0.15) is 5.10 Å². The minimum absolute atomic E-state index is 0.0249.